The number of rotatable bonds is 9. The van der Waals surface area contributed by atoms with Gasteiger partial charge in [0.1, 0.15) is 11.8 Å². The topological polar surface area (TPSA) is 96.9 Å². The first kappa shape index (κ1) is 18.2. The molecule has 24 heavy (non-hydrogen) atoms. The molecule has 0 bridgehead atoms. The van der Waals surface area contributed by atoms with Gasteiger partial charge in [-0.05, 0) is 44.0 Å². The fraction of sp³-hybridized carbons (Fsp3) is 0.529. The van der Waals surface area contributed by atoms with Crippen molar-refractivity contribution in [1.82, 2.24) is 5.32 Å². The first-order valence-electron chi connectivity index (χ1n) is 8.19. The zero-order chi connectivity index (χ0) is 17.4. The number of amides is 1. The third-order valence-corrected chi connectivity index (χ3v) is 3.75. The van der Waals surface area contributed by atoms with Gasteiger partial charge >= 0.3 is 5.97 Å². The fourth-order valence-electron chi connectivity index (χ4n) is 2.52. The molecular formula is C17H24N2O5. The number of ether oxygens (including phenoxy) is 2. The van der Waals surface area contributed by atoms with Crippen LogP contribution in [0.4, 0.5) is 5.69 Å². The van der Waals surface area contributed by atoms with Crippen molar-refractivity contribution in [3.63, 3.8) is 0 Å². The molecule has 7 heteroatoms. The summed E-state index contributed by atoms with van der Waals surface area (Å²) in [6.07, 6.45) is 1.79. The third kappa shape index (κ3) is 5.82. The van der Waals surface area contributed by atoms with Gasteiger partial charge in [-0.25, -0.2) is 0 Å². The Kier molecular flexibility index (Phi) is 7.02. The van der Waals surface area contributed by atoms with E-state index in [4.69, 9.17) is 9.47 Å². The van der Waals surface area contributed by atoms with Gasteiger partial charge in [0.15, 0.2) is 0 Å². The molecule has 0 spiro atoms. The van der Waals surface area contributed by atoms with E-state index in [1.54, 1.807) is 24.3 Å². The van der Waals surface area contributed by atoms with Crippen LogP contribution in [0.2, 0.25) is 0 Å². The second-order valence-electron chi connectivity index (χ2n) is 5.64. The zero-order valence-corrected chi connectivity index (χ0v) is 13.8. The molecule has 2 atom stereocenters. The minimum atomic E-state index is -1.05. The molecule has 0 unspecified atom stereocenters. The first-order chi connectivity index (χ1) is 11.6. The Morgan fingerprint density at radius 1 is 1.38 bits per heavy atom. The molecule has 1 aliphatic rings. The first-order valence-corrected chi connectivity index (χ1v) is 8.19. The lowest BCUT2D eigenvalue weighted by molar-refractivity contribution is -0.141. The summed E-state index contributed by atoms with van der Waals surface area (Å²) < 4.78 is 10.8. The molecule has 1 aromatic carbocycles. The maximum Gasteiger partial charge on any atom is 0.321 e. The van der Waals surface area contributed by atoms with Crippen molar-refractivity contribution in [3.8, 4) is 5.75 Å². The smallest absolute Gasteiger partial charge is 0.321 e. The van der Waals surface area contributed by atoms with E-state index < -0.39 is 12.0 Å². The van der Waals surface area contributed by atoms with Gasteiger partial charge in [-0.15, -0.1) is 0 Å². The van der Waals surface area contributed by atoms with E-state index in [1.807, 2.05) is 6.92 Å². The maximum atomic E-state index is 12.1. The van der Waals surface area contributed by atoms with Crippen molar-refractivity contribution in [3.05, 3.63) is 24.3 Å². The van der Waals surface area contributed by atoms with Gasteiger partial charge in [-0.2, -0.15) is 0 Å². The van der Waals surface area contributed by atoms with Crippen molar-refractivity contribution < 1.29 is 24.2 Å². The second-order valence-corrected chi connectivity index (χ2v) is 5.64. The molecule has 132 valence electrons. The predicted octanol–water partition coefficient (Wildman–Crippen LogP) is 1.64. The molecule has 1 aliphatic heterocycles. The van der Waals surface area contributed by atoms with Gasteiger partial charge in [-0.1, -0.05) is 0 Å². The third-order valence-electron chi connectivity index (χ3n) is 3.75. The minimum Gasteiger partial charge on any atom is -0.494 e. The van der Waals surface area contributed by atoms with E-state index in [0.717, 1.165) is 18.6 Å². The molecule has 0 radical (unpaired) electrons. The Balaban J connectivity index is 1.81. The molecule has 2 rings (SSSR count). The number of carboxylic acid groups (broad SMARTS) is 1. The largest absolute Gasteiger partial charge is 0.494 e. The molecule has 3 N–H and O–H groups in total. The Morgan fingerprint density at radius 3 is 2.71 bits per heavy atom. The van der Waals surface area contributed by atoms with Gasteiger partial charge in [0.2, 0.25) is 5.91 Å². The van der Waals surface area contributed by atoms with Crippen molar-refractivity contribution in [1.29, 1.82) is 0 Å². The van der Waals surface area contributed by atoms with Crippen LogP contribution in [0.15, 0.2) is 24.3 Å². The van der Waals surface area contributed by atoms with Crippen LogP contribution >= 0.6 is 0 Å². The number of carbonyl (C=O) groups excluding carboxylic acids is 1. The highest BCUT2D eigenvalue weighted by Gasteiger charge is 2.23. The average Bonchev–Trinajstić information content (AvgIpc) is 3.06. The summed E-state index contributed by atoms with van der Waals surface area (Å²) in [5.41, 5.74) is 0.603. The van der Waals surface area contributed by atoms with Gasteiger partial charge < -0.3 is 25.2 Å². The lowest BCUT2D eigenvalue weighted by Gasteiger charge is -2.17. The SMILES string of the molecule is CCOc1ccc(NC(=O)C[C@@H](NC[C@@H]2CCCO2)C(=O)O)cc1. The molecule has 0 aromatic heterocycles. The Labute approximate surface area is 141 Å². The Bertz CT molecular complexity index is 540. The molecule has 1 saturated heterocycles. The van der Waals surface area contributed by atoms with Gasteiger partial charge in [0.25, 0.3) is 0 Å². The van der Waals surface area contributed by atoms with Crippen molar-refractivity contribution in [2.24, 2.45) is 0 Å². The minimum absolute atomic E-state index is 0.0287. The Hall–Kier alpha value is -2.12. The average molecular weight is 336 g/mol. The van der Waals surface area contributed by atoms with Crippen LogP contribution in [-0.4, -0.2) is 48.9 Å². The van der Waals surface area contributed by atoms with Gasteiger partial charge in [-0.3, -0.25) is 9.59 Å². The van der Waals surface area contributed by atoms with E-state index >= 15 is 0 Å². The van der Waals surface area contributed by atoms with Crippen LogP contribution in [0.1, 0.15) is 26.2 Å². The summed E-state index contributed by atoms with van der Waals surface area (Å²) in [6.45, 7) is 3.61. The van der Waals surface area contributed by atoms with Crippen molar-refractivity contribution in [2.45, 2.75) is 38.3 Å². The summed E-state index contributed by atoms with van der Waals surface area (Å²) in [4.78, 5) is 23.4. The number of nitrogens with one attached hydrogen (secondary N) is 2. The van der Waals surface area contributed by atoms with E-state index in [9.17, 15) is 14.7 Å². The molecular weight excluding hydrogens is 312 g/mol. The second kappa shape index (κ2) is 9.24. The maximum absolute atomic E-state index is 12.1. The fourth-order valence-corrected chi connectivity index (χ4v) is 2.52. The normalized spacial score (nSPS) is 18.1. The lowest BCUT2D eigenvalue weighted by Crippen LogP contribution is -2.43. The molecule has 1 fully saturated rings. The van der Waals surface area contributed by atoms with E-state index in [0.29, 0.717) is 25.4 Å². The van der Waals surface area contributed by atoms with E-state index in [2.05, 4.69) is 10.6 Å². The quantitative estimate of drug-likeness (QED) is 0.634. The Morgan fingerprint density at radius 2 is 2.12 bits per heavy atom. The number of carboxylic acids is 1. The predicted molar refractivity (Wildman–Crippen MR) is 89.3 cm³/mol. The van der Waals surface area contributed by atoms with E-state index in [1.165, 1.54) is 0 Å². The van der Waals surface area contributed by atoms with Crippen LogP contribution in [0.5, 0.6) is 5.75 Å². The van der Waals surface area contributed by atoms with Crippen molar-refractivity contribution in [2.75, 3.05) is 25.1 Å². The van der Waals surface area contributed by atoms with Crippen LogP contribution in [-0.2, 0) is 14.3 Å². The molecule has 1 amide bonds. The van der Waals surface area contributed by atoms with Gasteiger partial charge in [0, 0.05) is 18.8 Å². The summed E-state index contributed by atoms with van der Waals surface area (Å²) in [7, 11) is 0. The zero-order valence-electron chi connectivity index (χ0n) is 13.8. The van der Waals surface area contributed by atoms with E-state index in [-0.39, 0.29) is 18.4 Å². The monoisotopic (exact) mass is 336 g/mol. The lowest BCUT2D eigenvalue weighted by atomic mass is 10.1. The van der Waals surface area contributed by atoms with Crippen LogP contribution in [0.25, 0.3) is 0 Å². The molecule has 0 aliphatic carbocycles. The number of hydrogen-bond donors (Lipinski definition) is 3. The van der Waals surface area contributed by atoms with Crippen LogP contribution in [0, 0.1) is 0 Å². The van der Waals surface area contributed by atoms with Crippen molar-refractivity contribution >= 4 is 17.6 Å². The number of aliphatic carboxylic acids is 1. The summed E-state index contributed by atoms with van der Waals surface area (Å²) in [5.74, 6) is -0.682. The highest BCUT2D eigenvalue weighted by molar-refractivity contribution is 5.94. The number of carbonyl (C=O) groups is 2. The summed E-state index contributed by atoms with van der Waals surface area (Å²) in [5, 5.41) is 14.9. The van der Waals surface area contributed by atoms with Gasteiger partial charge in [0.05, 0.1) is 19.1 Å². The molecule has 7 nitrogen and oxygen atoms in total. The highest BCUT2D eigenvalue weighted by atomic mass is 16.5. The standard InChI is InChI=1S/C17H24N2O5/c1-2-23-13-7-5-12(6-8-13)19-16(20)10-15(17(21)22)18-11-14-4-3-9-24-14/h5-8,14-15,18H,2-4,9-11H2,1H3,(H,19,20)(H,21,22)/t14-,15+/m0/s1. The van der Waals surface area contributed by atoms with Crippen LogP contribution in [0.3, 0.4) is 0 Å². The van der Waals surface area contributed by atoms with Crippen LogP contribution < -0.4 is 15.4 Å². The number of anilines is 1. The summed E-state index contributed by atoms with van der Waals surface area (Å²) in [6, 6.07) is 6.01. The molecule has 0 saturated carbocycles. The number of hydrogen-bond acceptors (Lipinski definition) is 5. The molecule has 1 aromatic rings. The highest BCUT2D eigenvalue weighted by Crippen LogP contribution is 2.16. The molecule has 1 heterocycles. The number of benzene rings is 1. The summed E-state index contributed by atoms with van der Waals surface area (Å²) >= 11 is 0.